The molecule has 1 aromatic rings. The van der Waals surface area contributed by atoms with E-state index in [-0.39, 0.29) is 17.7 Å². The van der Waals surface area contributed by atoms with Gasteiger partial charge in [0.2, 0.25) is 5.91 Å². The number of amides is 2. The number of hydrogen-bond acceptors (Lipinski definition) is 4. The van der Waals surface area contributed by atoms with Crippen LogP contribution in [0.5, 0.6) is 5.75 Å². The second kappa shape index (κ2) is 7.44. The smallest absolute Gasteiger partial charge is 0.254 e. The van der Waals surface area contributed by atoms with Crippen LogP contribution in [0, 0.1) is 5.92 Å². The minimum absolute atomic E-state index is 0.0000308. The number of hydrogen-bond donors (Lipinski definition) is 0. The van der Waals surface area contributed by atoms with Crippen molar-refractivity contribution >= 4 is 11.8 Å². The van der Waals surface area contributed by atoms with Crippen LogP contribution >= 0.6 is 0 Å². The molecule has 0 unspecified atom stereocenters. The van der Waals surface area contributed by atoms with E-state index in [9.17, 15) is 9.59 Å². The highest BCUT2D eigenvalue weighted by Gasteiger charge is 2.37. The first-order valence-electron chi connectivity index (χ1n) is 8.93. The van der Waals surface area contributed by atoms with Crippen LogP contribution in [0.15, 0.2) is 24.3 Å². The molecule has 0 aromatic heterocycles. The van der Waals surface area contributed by atoms with Crippen LogP contribution in [0.3, 0.4) is 0 Å². The summed E-state index contributed by atoms with van der Waals surface area (Å²) in [5.74, 6) is 1.01. The number of piperazine rings is 1. The summed E-state index contributed by atoms with van der Waals surface area (Å²) >= 11 is 0. The maximum absolute atomic E-state index is 12.8. The number of nitrogens with zero attached hydrogens (tertiary/aromatic N) is 3. The lowest BCUT2D eigenvalue weighted by molar-refractivity contribution is -0.137. The van der Waals surface area contributed by atoms with Gasteiger partial charge in [-0.15, -0.1) is 0 Å². The normalized spacial score (nSPS) is 24.4. The third-order valence-electron chi connectivity index (χ3n) is 5.58. The van der Waals surface area contributed by atoms with E-state index in [1.807, 2.05) is 21.9 Å². The zero-order valence-corrected chi connectivity index (χ0v) is 15.3. The number of carbonyl (C=O) groups excluding carboxylic acids is 2. The van der Waals surface area contributed by atoms with Crippen LogP contribution in [0.1, 0.15) is 23.7 Å². The van der Waals surface area contributed by atoms with Crippen molar-refractivity contribution in [3.63, 3.8) is 0 Å². The van der Waals surface area contributed by atoms with Crippen molar-refractivity contribution in [1.29, 1.82) is 0 Å². The van der Waals surface area contributed by atoms with Crippen LogP contribution in [0.25, 0.3) is 0 Å². The third-order valence-corrected chi connectivity index (χ3v) is 5.58. The molecular formula is C19H27N3O3. The lowest BCUT2D eigenvalue weighted by atomic mass is 9.99. The molecule has 136 valence electrons. The third kappa shape index (κ3) is 3.63. The fourth-order valence-electron chi connectivity index (χ4n) is 3.73. The number of rotatable bonds is 3. The molecule has 0 spiro atoms. The Morgan fingerprint density at radius 1 is 1.08 bits per heavy atom. The molecule has 2 atom stereocenters. The van der Waals surface area contributed by atoms with Crippen molar-refractivity contribution in [2.75, 3.05) is 46.9 Å². The van der Waals surface area contributed by atoms with Gasteiger partial charge in [-0.3, -0.25) is 9.59 Å². The Labute approximate surface area is 149 Å². The molecule has 3 rings (SSSR count). The van der Waals surface area contributed by atoms with Gasteiger partial charge in [0.1, 0.15) is 5.75 Å². The molecule has 2 fully saturated rings. The molecule has 0 aliphatic carbocycles. The maximum atomic E-state index is 12.8. The van der Waals surface area contributed by atoms with Crippen LogP contribution in [0.2, 0.25) is 0 Å². The maximum Gasteiger partial charge on any atom is 0.254 e. The Kier molecular flexibility index (Phi) is 5.27. The molecule has 0 N–H and O–H groups in total. The van der Waals surface area contributed by atoms with Crippen molar-refractivity contribution in [2.24, 2.45) is 5.92 Å². The van der Waals surface area contributed by atoms with Gasteiger partial charge in [0, 0.05) is 37.8 Å². The van der Waals surface area contributed by atoms with E-state index in [1.54, 1.807) is 19.2 Å². The molecule has 2 aliphatic rings. The molecule has 6 heteroatoms. The summed E-state index contributed by atoms with van der Waals surface area (Å²) < 4.78 is 5.19. The minimum Gasteiger partial charge on any atom is -0.497 e. The van der Waals surface area contributed by atoms with Crippen LogP contribution in [-0.2, 0) is 4.79 Å². The fourth-order valence-corrected chi connectivity index (χ4v) is 3.73. The Hall–Kier alpha value is -2.08. The molecule has 1 aromatic carbocycles. The minimum atomic E-state index is -0.0000308. The summed E-state index contributed by atoms with van der Waals surface area (Å²) in [6, 6.07) is 7.51. The first kappa shape index (κ1) is 17.7. The van der Waals surface area contributed by atoms with Gasteiger partial charge in [0.15, 0.2) is 0 Å². The predicted molar refractivity (Wildman–Crippen MR) is 95.7 cm³/mol. The van der Waals surface area contributed by atoms with Gasteiger partial charge in [-0.1, -0.05) is 6.07 Å². The SMILES string of the molecule is COc1cccc(C(=O)N2CCN(C(=O)[C@@H]3CCN(C)[C@@H]3C)CC2)c1. The van der Waals surface area contributed by atoms with Crippen LogP contribution in [0.4, 0.5) is 0 Å². The molecule has 25 heavy (non-hydrogen) atoms. The highest BCUT2D eigenvalue weighted by atomic mass is 16.5. The van der Waals surface area contributed by atoms with Crippen molar-refractivity contribution in [1.82, 2.24) is 14.7 Å². The molecule has 2 heterocycles. The first-order chi connectivity index (χ1) is 12.0. The van der Waals surface area contributed by atoms with Crippen molar-refractivity contribution in [3.05, 3.63) is 29.8 Å². The Morgan fingerprint density at radius 2 is 1.76 bits per heavy atom. The summed E-state index contributed by atoms with van der Waals surface area (Å²) in [4.78, 5) is 31.4. The number of benzene rings is 1. The second-order valence-corrected chi connectivity index (χ2v) is 6.97. The van der Waals surface area contributed by atoms with E-state index in [1.165, 1.54) is 0 Å². The molecule has 2 aliphatic heterocycles. The number of carbonyl (C=O) groups is 2. The van der Waals surface area contributed by atoms with E-state index in [2.05, 4.69) is 18.9 Å². The van der Waals surface area contributed by atoms with E-state index in [0.29, 0.717) is 43.5 Å². The zero-order chi connectivity index (χ0) is 18.0. The summed E-state index contributed by atoms with van der Waals surface area (Å²) in [7, 11) is 3.66. The van der Waals surface area contributed by atoms with Gasteiger partial charge in [0.05, 0.1) is 13.0 Å². The summed E-state index contributed by atoms with van der Waals surface area (Å²) in [6.45, 7) is 5.49. The Bertz CT molecular complexity index is 641. The average molecular weight is 345 g/mol. The van der Waals surface area contributed by atoms with E-state index in [4.69, 9.17) is 4.74 Å². The molecule has 0 saturated carbocycles. The van der Waals surface area contributed by atoms with Gasteiger partial charge >= 0.3 is 0 Å². The van der Waals surface area contributed by atoms with E-state index >= 15 is 0 Å². The molecular weight excluding hydrogens is 318 g/mol. The monoisotopic (exact) mass is 345 g/mol. The highest BCUT2D eigenvalue weighted by Crippen LogP contribution is 2.25. The lowest BCUT2D eigenvalue weighted by Gasteiger charge is -2.36. The summed E-state index contributed by atoms with van der Waals surface area (Å²) in [5, 5.41) is 0. The van der Waals surface area contributed by atoms with Crippen molar-refractivity contribution in [2.45, 2.75) is 19.4 Å². The quantitative estimate of drug-likeness (QED) is 0.829. The molecule has 6 nitrogen and oxygen atoms in total. The van der Waals surface area contributed by atoms with Crippen LogP contribution in [-0.4, -0.2) is 79.4 Å². The average Bonchev–Trinajstić information content (AvgIpc) is 2.99. The number of methoxy groups -OCH3 is 1. The van der Waals surface area contributed by atoms with E-state index in [0.717, 1.165) is 13.0 Å². The van der Waals surface area contributed by atoms with E-state index < -0.39 is 0 Å². The fraction of sp³-hybridized carbons (Fsp3) is 0.579. The molecule has 0 bridgehead atoms. The lowest BCUT2D eigenvalue weighted by Crippen LogP contribution is -2.52. The number of ether oxygens (including phenoxy) is 1. The van der Waals surface area contributed by atoms with Gasteiger partial charge in [0.25, 0.3) is 5.91 Å². The molecule has 2 amide bonds. The van der Waals surface area contributed by atoms with Gasteiger partial charge in [-0.25, -0.2) is 0 Å². The second-order valence-electron chi connectivity index (χ2n) is 6.97. The standard InChI is InChI=1S/C19H27N3O3/c1-14-17(7-8-20(14)2)19(24)22-11-9-21(10-12-22)18(23)15-5-4-6-16(13-15)25-3/h4-6,13-14,17H,7-12H2,1-3H3/t14-,17-/m1/s1. The van der Waals surface area contributed by atoms with Crippen molar-refractivity contribution in [3.8, 4) is 5.75 Å². The van der Waals surface area contributed by atoms with Gasteiger partial charge < -0.3 is 19.4 Å². The largest absolute Gasteiger partial charge is 0.497 e. The van der Waals surface area contributed by atoms with Gasteiger partial charge in [-0.05, 0) is 45.1 Å². The summed E-state index contributed by atoms with van der Waals surface area (Å²) in [6.07, 6.45) is 0.930. The van der Waals surface area contributed by atoms with Gasteiger partial charge in [-0.2, -0.15) is 0 Å². The topological polar surface area (TPSA) is 53.1 Å². The predicted octanol–water partition coefficient (Wildman–Crippen LogP) is 1.32. The van der Waals surface area contributed by atoms with Crippen LogP contribution < -0.4 is 4.74 Å². The van der Waals surface area contributed by atoms with Crippen molar-refractivity contribution < 1.29 is 14.3 Å². The molecule has 2 saturated heterocycles. The Balaban J connectivity index is 1.58. The number of likely N-dealkylation sites (tertiary alicyclic amines) is 1. The zero-order valence-electron chi connectivity index (χ0n) is 15.3. The molecule has 0 radical (unpaired) electrons. The highest BCUT2D eigenvalue weighted by molar-refractivity contribution is 5.94. The first-order valence-corrected chi connectivity index (χ1v) is 8.93. The Morgan fingerprint density at radius 3 is 2.36 bits per heavy atom. The summed E-state index contributed by atoms with van der Waals surface area (Å²) in [5.41, 5.74) is 0.630.